The van der Waals surface area contributed by atoms with E-state index in [-0.39, 0.29) is 23.0 Å². The third-order valence-electron chi connectivity index (χ3n) is 6.22. The minimum atomic E-state index is -4.13. The molecule has 3 aromatic rings. The Morgan fingerprint density at radius 1 is 0.919 bits per heavy atom. The van der Waals surface area contributed by atoms with Gasteiger partial charge in [0, 0.05) is 18.6 Å². The summed E-state index contributed by atoms with van der Waals surface area (Å²) in [4.78, 5) is 27.7. The van der Waals surface area contributed by atoms with Gasteiger partial charge in [0.25, 0.3) is 10.0 Å². The average Bonchev–Trinajstić information content (AvgIpc) is 2.87. The Hall–Kier alpha value is -3.36. The standard InChI is InChI=1S/C28H32ClN3O4S/c1-19-6-11-23(12-7-19)17-31(22(4)28(34)30-5)27(33)18-32(24-13-10-21(3)26(29)16-24)37(35,36)25-14-8-20(2)9-15-25/h6-16,22H,17-18H2,1-5H3,(H,30,34). The van der Waals surface area contributed by atoms with Gasteiger partial charge in [-0.15, -0.1) is 0 Å². The molecule has 0 saturated heterocycles. The maximum absolute atomic E-state index is 13.8. The lowest BCUT2D eigenvalue weighted by molar-refractivity contribution is -0.139. The lowest BCUT2D eigenvalue weighted by Crippen LogP contribution is -2.50. The van der Waals surface area contributed by atoms with Crippen LogP contribution in [0.3, 0.4) is 0 Å². The van der Waals surface area contributed by atoms with Crippen molar-refractivity contribution >= 4 is 39.1 Å². The summed E-state index contributed by atoms with van der Waals surface area (Å²) in [7, 11) is -2.64. The molecule has 1 unspecified atom stereocenters. The first kappa shape index (κ1) is 28.2. The summed E-state index contributed by atoms with van der Waals surface area (Å²) < 4.78 is 28.6. The number of aryl methyl sites for hydroxylation is 3. The first-order valence-corrected chi connectivity index (χ1v) is 13.7. The first-order valence-electron chi connectivity index (χ1n) is 11.9. The van der Waals surface area contributed by atoms with Crippen molar-refractivity contribution in [3.8, 4) is 0 Å². The summed E-state index contributed by atoms with van der Waals surface area (Å²) >= 11 is 6.33. The highest BCUT2D eigenvalue weighted by Gasteiger charge is 2.32. The van der Waals surface area contributed by atoms with E-state index in [2.05, 4.69) is 5.32 Å². The van der Waals surface area contributed by atoms with E-state index in [0.717, 1.165) is 26.6 Å². The number of benzene rings is 3. The molecule has 0 radical (unpaired) electrons. The molecule has 196 valence electrons. The molecule has 1 N–H and O–H groups in total. The Bertz CT molecular complexity index is 1370. The number of sulfonamides is 1. The predicted molar refractivity (Wildman–Crippen MR) is 147 cm³/mol. The molecule has 0 aliphatic heterocycles. The molecule has 3 aromatic carbocycles. The molecule has 0 fully saturated rings. The molecule has 37 heavy (non-hydrogen) atoms. The number of anilines is 1. The second kappa shape index (κ2) is 11.8. The van der Waals surface area contributed by atoms with Gasteiger partial charge in [0.1, 0.15) is 12.6 Å². The van der Waals surface area contributed by atoms with Crippen LogP contribution in [0.5, 0.6) is 0 Å². The maximum Gasteiger partial charge on any atom is 0.264 e. The van der Waals surface area contributed by atoms with Crippen molar-refractivity contribution in [2.24, 2.45) is 0 Å². The van der Waals surface area contributed by atoms with Crippen LogP contribution in [-0.4, -0.2) is 44.8 Å². The van der Waals surface area contributed by atoms with E-state index >= 15 is 0 Å². The van der Waals surface area contributed by atoms with Crippen LogP contribution in [0.4, 0.5) is 5.69 Å². The molecular weight excluding hydrogens is 510 g/mol. The summed E-state index contributed by atoms with van der Waals surface area (Å²) in [5, 5.41) is 2.95. The molecule has 3 rings (SSSR count). The number of likely N-dealkylation sites (N-methyl/N-ethyl adjacent to an activating group) is 1. The van der Waals surface area contributed by atoms with Gasteiger partial charge >= 0.3 is 0 Å². The van der Waals surface area contributed by atoms with Crippen LogP contribution in [0.25, 0.3) is 0 Å². The van der Waals surface area contributed by atoms with Crippen LogP contribution in [0.1, 0.15) is 29.2 Å². The van der Waals surface area contributed by atoms with Crippen molar-refractivity contribution in [3.05, 3.63) is 94.0 Å². The number of amides is 2. The monoisotopic (exact) mass is 541 g/mol. The number of nitrogens with zero attached hydrogens (tertiary/aromatic N) is 2. The molecule has 0 aromatic heterocycles. The molecule has 1 atom stereocenters. The largest absolute Gasteiger partial charge is 0.357 e. The van der Waals surface area contributed by atoms with E-state index in [0.29, 0.717) is 5.02 Å². The maximum atomic E-state index is 13.8. The fraction of sp³-hybridized carbons (Fsp3) is 0.286. The lowest BCUT2D eigenvalue weighted by Gasteiger charge is -2.32. The Morgan fingerprint density at radius 3 is 2.03 bits per heavy atom. The average molecular weight is 542 g/mol. The number of rotatable bonds is 9. The fourth-order valence-electron chi connectivity index (χ4n) is 3.78. The van der Waals surface area contributed by atoms with E-state index < -0.39 is 28.5 Å². The van der Waals surface area contributed by atoms with Crippen LogP contribution < -0.4 is 9.62 Å². The number of hydrogen-bond acceptors (Lipinski definition) is 4. The van der Waals surface area contributed by atoms with Crippen molar-refractivity contribution in [2.75, 3.05) is 17.9 Å². The van der Waals surface area contributed by atoms with E-state index in [1.807, 2.05) is 45.0 Å². The molecule has 7 nitrogen and oxygen atoms in total. The highest BCUT2D eigenvalue weighted by atomic mass is 35.5. The smallest absolute Gasteiger partial charge is 0.264 e. The van der Waals surface area contributed by atoms with Gasteiger partial charge in [0.2, 0.25) is 11.8 Å². The molecule has 0 aliphatic rings. The van der Waals surface area contributed by atoms with Gasteiger partial charge in [-0.05, 0) is 63.1 Å². The predicted octanol–water partition coefficient (Wildman–Crippen LogP) is 4.62. The van der Waals surface area contributed by atoms with Gasteiger partial charge in [0.05, 0.1) is 10.6 Å². The second-order valence-electron chi connectivity index (χ2n) is 9.06. The van der Waals surface area contributed by atoms with Crippen LogP contribution >= 0.6 is 11.6 Å². The molecule has 0 heterocycles. The Labute approximate surface area is 224 Å². The van der Waals surface area contributed by atoms with Gasteiger partial charge in [-0.1, -0.05) is 65.2 Å². The molecule has 0 bridgehead atoms. The minimum absolute atomic E-state index is 0.0482. The van der Waals surface area contributed by atoms with Crippen LogP contribution in [0, 0.1) is 20.8 Å². The second-order valence-corrected chi connectivity index (χ2v) is 11.3. The molecule has 0 aliphatic carbocycles. The third-order valence-corrected chi connectivity index (χ3v) is 8.41. The SMILES string of the molecule is CNC(=O)C(C)N(Cc1ccc(C)cc1)C(=O)CN(c1ccc(C)c(Cl)c1)S(=O)(=O)c1ccc(C)cc1. The highest BCUT2D eigenvalue weighted by Crippen LogP contribution is 2.28. The zero-order valence-corrected chi connectivity index (χ0v) is 23.2. The fourth-order valence-corrected chi connectivity index (χ4v) is 5.37. The van der Waals surface area contributed by atoms with Gasteiger partial charge in [-0.3, -0.25) is 13.9 Å². The first-order chi connectivity index (χ1) is 17.4. The Balaban J connectivity index is 2.05. The lowest BCUT2D eigenvalue weighted by atomic mass is 10.1. The van der Waals surface area contributed by atoms with Crippen molar-refractivity contribution in [2.45, 2.75) is 45.2 Å². The zero-order chi connectivity index (χ0) is 27.3. The van der Waals surface area contributed by atoms with Gasteiger partial charge in [0.15, 0.2) is 0 Å². The van der Waals surface area contributed by atoms with Crippen molar-refractivity contribution < 1.29 is 18.0 Å². The van der Waals surface area contributed by atoms with Crippen molar-refractivity contribution in [1.29, 1.82) is 0 Å². The molecular formula is C28H32ClN3O4S. The van der Waals surface area contributed by atoms with Crippen molar-refractivity contribution in [1.82, 2.24) is 10.2 Å². The van der Waals surface area contributed by atoms with Gasteiger partial charge < -0.3 is 10.2 Å². The molecule has 2 amide bonds. The number of carbonyl (C=O) groups excluding carboxylic acids is 2. The van der Waals surface area contributed by atoms with Gasteiger partial charge in [-0.25, -0.2) is 8.42 Å². The molecule has 9 heteroatoms. The minimum Gasteiger partial charge on any atom is -0.357 e. The summed E-state index contributed by atoms with van der Waals surface area (Å²) in [5.41, 5.74) is 3.82. The highest BCUT2D eigenvalue weighted by molar-refractivity contribution is 7.92. The summed E-state index contributed by atoms with van der Waals surface area (Å²) in [6, 6.07) is 18.1. The third kappa shape index (κ3) is 6.70. The van der Waals surface area contributed by atoms with Gasteiger partial charge in [-0.2, -0.15) is 0 Å². The quantitative estimate of drug-likeness (QED) is 0.428. The van der Waals surface area contributed by atoms with E-state index in [1.54, 1.807) is 31.2 Å². The van der Waals surface area contributed by atoms with E-state index in [1.165, 1.54) is 30.1 Å². The summed E-state index contributed by atoms with van der Waals surface area (Å²) in [6.07, 6.45) is 0. The van der Waals surface area contributed by atoms with Crippen LogP contribution in [0.2, 0.25) is 5.02 Å². The number of carbonyl (C=O) groups is 2. The number of halogens is 1. The van der Waals surface area contributed by atoms with E-state index in [9.17, 15) is 18.0 Å². The van der Waals surface area contributed by atoms with E-state index in [4.69, 9.17) is 11.6 Å². The summed E-state index contributed by atoms with van der Waals surface area (Å²) in [5.74, 6) is -0.879. The topological polar surface area (TPSA) is 86.8 Å². The zero-order valence-electron chi connectivity index (χ0n) is 21.7. The Kier molecular flexibility index (Phi) is 8.99. The molecule has 0 spiro atoms. The number of nitrogens with one attached hydrogen (secondary N) is 1. The molecule has 0 saturated carbocycles. The summed E-state index contributed by atoms with van der Waals surface area (Å²) in [6.45, 7) is 6.88. The Morgan fingerprint density at radius 2 is 1.49 bits per heavy atom. The number of hydrogen-bond donors (Lipinski definition) is 1. The van der Waals surface area contributed by atoms with Crippen LogP contribution in [-0.2, 0) is 26.2 Å². The van der Waals surface area contributed by atoms with Crippen LogP contribution in [0.15, 0.2) is 71.6 Å². The van der Waals surface area contributed by atoms with Crippen molar-refractivity contribution in [3.63, 3.8) is 0 Å². The normalized spacial score (nSPS) is 12.1.